The van der Waals surface area contributed by atoms with Crippen LogP contribution in [-0.4, -0.2) is 47.8 Å². The van der Waals surface area contributed by atoms with Gasteiger partial charge in [-0.05, 0) is 57.7 Å². The van der Waals surface area contributed by atoms with Crippen molar-refractivity contribution in [2.45, 2.75) is 103 Å². The van der Waals surface area contributed by atoms with Gasteiger partial charge in [-0.2, -0.15) is 0 Å². The summed E-state index contributed by atoms with van der Waals surface area (Å²) in [5.41, 5.74) is 0.401. The maximum atomic E-state index is 14.6. The summed E-state index contributed by atoms with van der Waals surface area (Å²) < 4.78 is 19.2. The van der Waals surface area contributed by atoms with E-state index in [1.165, 1.54) is 0 Å². The van der Waals surface area contributed by atoms with Crippen LogP contribution in [0.3, 0.4) is 0 Å². The van der Waals surface area contributed by atoms with Crippen LogP contribution in [0.25, 0.3) is 22.3 Å². The number of para-hydroxylation sites is 1. The number of hydrogen-bond donors (Lipinski definition) is 1. The summed E-state index contributed by atoms with van der Waals surface area (Å²) in [5.74, 6) is -0.948. The van der Waals surface area contributed by atoms with Crippen molar-refractivity contribution in [2.24, 2.45) is 5.92 Å². The minimum atomic E-state index is -2.38. The molecular formula is C35H45N3O7Si. The molecule has 0 bridgehead atoms. The Kier molecular flexibility index (Phi) is 8.93. The molecule has 0 spiro atoms. The highest BCUT2D eigenvalue weighted by Gasteiger charge is 2.56. The van der Waals surface area contributed by atoms with Gasteiger partial charge in [0.15, 0.2) is 0 Å². The summed E-state index contributed by atoms with van der Waals surface area (Å²) in [6, 6.07) is 12.5. The van der Waals surface area contributed by atoms with Crippen LogP contribution >= 0.6 is 0 Å². The maximum absolute atomic E-state index is 14.6. The van der Waals surface area contributed by atoms with E-state index in [2.05, 4.69) is 38.3 Å². The van der Waals surface area contributed by atoms with Crippen LogP contribution in [-0.2, 0) is 35.9 Å². The summed E-state index contributed by atoms with van der Waals surface area (Å²) in [5, 5.41) is 3.61. The van der Waals surface area contributed by atoms with Crippen LogP contribution < -0.4 is 10.9 Å². The largest absolute Gasteiger partial charge is 0.458 e. The van der Waals surface area contributed by atoms with Crippen LogP contribution in [0.4, 0.5) is 4.79 Å². The average molecular weight is 648 g/mol. The molecule has 2 aliphatic heterocycles. The molecule has 1 aromatic carbocycles. The number of esters is 2. The zero-order chi connectivity index (χ0) is 33.6. The minimum Gasteiger partial charge on any atom is -0.458 e. The summed E-state index contributed by atoms with van der Waals surface area (Å²) in [4.78, 5) is 58.9. The number of carbonyl (C=O) groups excluding carboxylic acids is 3. The molecule has 2 unspecified atom stereocenters. The Labute approximate surface area is 270 Å². The van der Waals surface area contributed by atoms with E-state index < -0.39 is 43.0 Å². The number of hydrogen-bond acceptors (Lipinski definition) is 8. The van der Waals surface area contributed by atoms with Crippen molar-refractivity contribution >= 4 is 37.0 Å². The van der Waals surface area contributed by atoms with Crippen molar-refractivity contribution in [1.82, 2.24) is 14.9 Å². The highest BCUT2D eigenvalue weighted by Crippen LogP contribution is 2.47. The predicted molar refractivity (Wildman–Crippen MR) is 178 cm³/mol. The molecular weight excluding hydrogens is 602 g/mol. The maximum Gasteiger partial charge on any atom is 0.407 e. The van der Waals surface area contributed by atoms with Crippen molar-refractivity contribution in [1.29, 1.82) is 0 Å². The molecule has 0 saturated carbocycles. The summed E-state index contributed by atoms with van der Waals surface area (Å²) in [6.07, 6.45) is -0.280. The van der Waals surface area contributed by atoms with Gasteiger partial charge in [-0.25, -0.2) is 14.6 Å². The number of benzene rings is 1. The third-order valence-corrected chi connectivity index (χ3v) is 12.3. The second-order valence-electron chi connectivity index (χ2n) is 14.5. The molecule has 1 N–H and O–H groups in total. The minimum absolute atomic E-state index is 0.0581. The SMILES string of the molecule is CCC1(OC(=O)CCCNC(=O)OC(C)(C)C)C(=O)OC([Si](C)(C)CC(C)C)c2c1cc1n(c2=O)Cc2cc3ccccc3nc2-1. The van der Waals surface area contributed by atoms with Gasteiger partial charge in [-0.15, -0.1) is 0 Å². The molecule has 11 heteroatoms. The van der Waals surface area contributed by atoms with E-state index in [9.17, 15) is 19.2 Å². The van der Waals surface area contributed by atoms with Gasteiger partial charge in [0, 0.05) is 29.5 Å². The molecule has 2 aromatic heterocycles. The Hall–Kier alpha value is -3.99. The van der Waals surface area contributed by atoms with E-state index in [0.29, 0.717) is 35.0 Å². The molecule has 0 fully saturated rings. The predicted octanol–water partition coefficient (Wildman–Crippen LogP) is 6.38. The van der Waals surface area contributed by atoms with E-state index >= 15 is 0 Å². The summed E-state index contributed by atoms with van der Waals surface area (Å²) >= 11 is 0. The number of nitrogens with zero attached hydrogens (tertiary/aromatic N) is 2. The zero-order valence-electron chi connectivity index (χ0n) is 28.1. The fraction of sp³-hybridized carbons (Fsp3) is 0.514. The first-order valence-corrected chi connectivity index (χ1v) is 19.4. The standard InChI is InChI=1S/C35H45N3O7Si/c1-9-35(44-27(39)15-12-16-36-33(42)45-34(4,5)6)24-18-26-29-23(17-22-13-10-11-14-25(22)37-29)19-38(26)30(40)28(24)31(43-32(35)41)46(7,8)20-21(2)3/h10-11,13-14,17-18,21,31H,9,12,15-16,19-20H2,1-8H3,(H,36,42). The van der Waals surface area contributed by atoms with Gasteiger partial charge >= 0.3 is 18.0 Å². The van der Waals surface area contributed by atoms with Crippen molar-refractivity contribution in [2.75, 3.05) is 6.54 Å². The topological polar surface area (TPSA) is 126 Å². The number of aromatic nitrogens is 2. The fourth-order valence-electron chi connectivity index (χ4n) is 6.84. The molecule has 0 saturated heterocycles. The summed E-state index contributed by atoms with van der Waals surface area (Å²) in [6.45, 7) is 16.1. The molecule has 2 atom stereocenters. The molecule has 0 aliphatic carbocycles. The van der Waals surface area contributed by atoms with Gasteiger partial charge in [0.25, 0.3) is 5.56 Å². The Bertz CT molecular complexity index is 1760. The lowest BCUT2D eigenvalue weighted by Crippen LogP contribution is -2.54. The normalized spacial score (nSPS) is 18.9. The van der Waals surface area contributed by atoms with Crippen LogP contribution in [0.2, 0.25) is 19.1 Å². The van der Waals surface area contributed by atoms with E-state index in [4.69, 9.17) is 19.2 Å². The Morgan fingerprint density at radius 3 is 2.57 bits per heavy atom. The first-order chi connectivity index (χ1) is 21.6. The molecule has 46 heavy (non-hydrogen) atoms. The molecule has 0 radical (unpaired) electrons. The fourth-order valence-corrected chi connectivity index (χ4v) is 10.6. The van der Waals surface area contributed by atoms with Crippen LogP contribution in [0, 0.1) is 5.92 Å². The lowest BCUT2D eigenvalue weighted by Gasteiger charge is -2.43. The number of nitrogens with one attached hydrogen (secondary N) is 1. The van der Waals surface area contributed by atoms with Gasteiger partial charge in [0.05, 0.1) is 29.0 Å². The molecule has 4 heterocycles. The average Bonchev–Trinajstić information content (AvgIpc) is 3.31. The number of pyridine rings is 2. The third-order valence-electron chi connectivity index (χ3n) is 8.62. The van der Waals surface area contributed by atoms with Gasteiger partial charge in [0.2, 0.25) is 5.60 Å². The molecule has 1 amide bonds. The zero-order valence-corrected chi connectivity index (χ0v) is 29.1. The Morgan fingerprint density at radius 2 is 1.89 bits per heavy atom. The Balaban J connectivity index is 1.54. The van der Waals surface area contributed by atoms with E-state index in [1.807, 2.05) is 30.3 Å². The van der Waals surface area contributed by atoms with Crippen molar-refractivity contribution in [3.05, 3.63) is 63.4 Å². The molecule has 2 aliphatic rings. The van der Waals surface area contributed by atoms with Gasteiger partial charge < -0.3 is 24.1 Å². The van der Waals surface area contributed by atoms with E-state index in [-0.39, 0.29) is 31.4 Å². The number of ether oxygens (including phenoxy) is 3. The number of cyclic esters (lactones) is 1. The smallest absolute Gasteiger partial charge is 0.407 e. The number of alkyl carbamates (subject to hydrolysis) is 1. The highest BCUT2D eigenvalue weighted by molar-refractivity contribution is 6.78. The quantitative estimate of drug-likeness (QED) is 0.0960. The van der Waals surface area contributed by atoms with Gasteiger partial charge in [-0.3, -0.25) is 9.59 Å². The lowest BCUT2D eigenvalue weighted by molar-refractivity contribution is -0.190. The first kappa shape index (κ1) is 33.4. The monoisotopic (exact) mass is 647 g/mol. The van der Waals surface area contributed by atoms with Crippen molar-refractivity contribution in [3.63, 3.8) is 0 Å². The second-order valence-corrected chi connectivity index (χ2v) is 19.4. The highest BCUT2D eigenvalue weighted by atomic mass is 28.3. The molecule has 5 rings (SSSR count). The van der Waals surface area contributed by atoms with Crippen LogP contribution in [0.1, 0.15) is 83.2 Å². The molecule has 10 nitrogen and oxygen atoms in total. The number of rotatable bonds is 9. The number of amides is 1. The van der Waals surface area contributed by atoms with Crippen LogP contribution in [0.15, 0.2) is 41.2 Å². The summed E-state index contributed by atoms with van der Waals surface area (Å²) in [7, 11) is -2.38. The van der Waals surface area contributed by atoms with E-state index in [0.717, 1.165) is 22.5 Å². The lowest BCUT2D eigenvalue weighted by atomic mass is 9.85. The number of carbonyl (C=O) groups is 3. The third kappa shape index (κ3) is 6.34. The van der Waals surface area contributed by atoms with Gasteiger partial charge in [0.1, 0.15) is 19.4 Å². The Morgan fingerprint density at radius 1 is 1.17 bits per heavy atom. The van der Waals surface area contributed by atoms with Crippen molar-refractivity contribution in [3.8, 4) is 11.4 Å². The number of fused-ring (bicyclic) bond motifs is 5. The van der Waals surface area contributed by atoms with Crippen molar-refractivity contribution < 1.29 is 28.6 Å². The van der Waals surface area contributed by atoms with Gasteiger partial charge in [-0.1, -0.05) is 58.1 Å². The molecule has 246 valence electrons. The second kappa shape index (κ2) is 12.3. The first-order valence-electron chi connectivity index (χ1n) is 16.1. The van der Waals surface area contributed by atoms with Crippen LogP contribution in [0.5, 0.6) is 0 Å². The molecule has 3 aromatic rings. The van der Waals surface area contributed by atoms with E-state index in [1.54, 1.807) is 32.3 Å².